The van der Waals surface area contributed by atoms with Crippen molar-refractivity contribution in [3.05, 3.63) is 29.4 Å². The van der Waals surface area contributed by atoms with Crippen molar-refractivity contribution < 1.29 is 0 Å². The molecule has 3 rings (SSSR count). The maximum atomic E-state index is 6.06. The maximum absolute atomic E-state index is 6.06. The van der Waals surface area contributed by atoms with Gasteiger partial charge in [-0.25, -0.2) is 9.67 Å². The zero-order valence-corrected chi connectivity index (χ0v) is 8.70. The molecule has 4 nitrogen and oxygen atoms in total. The number of halogens is 1. The molecule has 1 aromatic heterocycles. The van der Waals surface area contributed by atoms with E-state index in [0.29, 0.717) is 0 Å². The second-order valence-electron chi connectivity index (χ2n) is 3.38. The summed E-state index contributed by atoms with van der Waals surface area (Å²) >= 11 is 6.06. The van der Waals surface area contributed by atoms with Crippen LogP contribution in [0.2, 0.25) is 5.02 Å². The fraction of sp³-hybridized carbons (Fsp3) is 0.200. The van der Waals surface area contributed by atoms with Crippen LogP contribution in [0.25, 0.3) is 10.9 Å². The molecule has 2 aromatic rings. The lowest BCUT2D eigenvalue weighted by atomic mass is 10.3. The van der Waals surface area contributed by atoms with Crippen LogP contribution in [0, 0.1) is 0 Å². The predicted octanol–water partition coefficient (Wildman–Crippen LogP) is 1.50. The Morgan fingerprint density at radius 1 is 1.40 bits per heavy atom. The monoisotopic (exact) mass is 220 g/mol. The Balaban J connectivity index is 2.18. The third-order valence-electron chi connectivity index (χ3n) is 2.37. The van der Waals surface area contributed by atoms with Gasteiger partial charge in [0.25, 0.3) is 0 Å². The highest BCUT2D eigenvalue weighted by atomic mass is 35.5. The van der Waals surface area contributed by atoms with Crippen molar-refractivity contribution >= 4 is 28.5 Å². The van der Waals surface area contributed by atoms with Gasteiger partial charge < -0.3 is 5.32 Å². The lowest BCUT2D eigenvalue weighted by Crippen LogP contribution is -2.26. The number of rotatable bonds is 0. The molecular weight excluding hydrogens is 212 g/mol. The maximum Gasteiger partial charge on any atom is 0.219 e. The zero-order chi connectivity index (χ0) is 10.3. The standard InChI is InChI=1S/C10H9ClN4/c11-8-2-1-3-9-7(8)6-15(14-9)10-12-4-5-13-10/h1-3,6H,4-5H2,(H,12,13). The first kappa shape index (κ1) is 8.73. The highest BCUT2D eigenvalue weighted by Crippen LogP contribution is 2.21. The number of aromatic nitrogens is 2. The van der Waals surface area contributed by atoms with Crippen molar-refractivity contribution in [2.45, 2.75) is 0 Å². The van der Waals surface area contributed by atoms with E-state index in [-0.39, 0.29) is 0 Å². The summed E-state index contributed by atoms with van der Waals surface area (Å²) in [5.41, 5.74) is 0.888. The van der Waals surface area contributed by atoms with Gasteiger partial charge in [-0.3, -0.25) is 0 Å². The van der Waals surface area contributed by atoms with Crippen LogP contribution in [0.4, 0.5) is 0 Å². The quantitative estimate of drug-likeness (QED) is 0.731. The number of benzene rings is 1. The number of aliphatic imine (C=N–C) groups is 1. The summed E-state index contributed by atoms with van der Waals surface area (Å²) < 4.78 is 1.74. The molecule has 2 heterocycles. The molecule has 0 fully saturated rings. The Morgan fingerprint density at radius 3 is 3.07 bits per heavy atom. The van der Waals surface area contributed by atoms with Gasteiger partial charge in [0.1, 0.15) is 0 Å². The predicted molar refractivity (Wildman–Crippen MR) is 60.4 cm³/mol. The molecule has 0 spiro atoms. The van der Waals surface area contributed by atoms with E-state index in [4.69, 9.17) is 11.6 Å². The lowest BCUT2D eigenvalue weighted by molar-refractivity contribution is 0.885. The van der Waals surface area contributed by atoms with Crippen LogP contribution in [0.15, 0.2) is 29.4 Å². The normalized spacial score (nSPS) is 15.4. The molecule has 1 aromatic carbocycles. The van der Waals surface area contributed by atoms with Crippen molar-refractivity contribution in [3.8, 4) is 0 Å². The molecule has 0 atom stereocenters. The third-order valence-corrected chi connectivity index (χ3v) is 2.70. The average Bonchev–Trinajstić information content (AvgIpc) is 2.86. The molecule has 15 heavy (non-hydrogen) atoms. The molecule has 0 saturated heterocycles. The second kappa shape index (κ2) is 3.24. The van der Waals surface area contributed by atoms with Crippen molar-refractivity contribution in [2.24, 2.45) is 4.99 Å². The summed E-state index contributed by atoms with van der Waals surface area (Å²) in [5, 5.41) is 9.23. The molecule has 0 radical (unpaired) electrons. The van der Waals surface area contributed by atoms with Crippen LogP contribution in [0.3, 0.4) is 0 Å². The van der Waals surface area contributed by atoms with E-state index in [1.165, 1.54) is 0 Å². The van der Waals surface area contributed by atoms with Gasteiger partial charge in [0.15, 0.2) is 0 Å². The van der Waals surface area contributed by atoms with Gasteiger partial charge in [-0.2, -0.15) is 5.10 Å². The Kier molecular flexibility index (Phi) is 1.89. The fourth-order valence-corrected chi connectivity index (χ4v) is 1.87. The first-order chi connectivity index (χ1) is 7.34. The minimum Gasteiger partial charge on any atom is -0.353 e. The van der Waals surface area contributed by atoms with E-state index >= 15 is 0 Å². The molecule has 0 saturated carbocycles. The van der Waals surface area contributed by atoms with Gasteiger partial charge in [0.05, 0.1) is 17.1 Å². The molecule has 1 aliphatic rings. The molecule has 1 N–H and O–H groups in total. The zero-order valence-electron chi connectivity index (χ0n) is 7.94. The topological polar surface area (TPSA) is 42.2 Å². The Morgan fingerprint density at radius 2 is 2.33 bits per heavy atom. The molecule has 0 bridgehead atoms. The van der Waals surface area contributed by atoms with Gasteiger partial charge in [0, 0.05) is 18.1 Å². The first-order valence-corrected chi connectivity index (χ1v) is 5.15. The first-order valence-electron chi connectivity index (χ1n) is 4.77. The minimum atomic E-state index is 0.720. The number of hydrogen-bond donors (Lipinski definition) is 1. The van der Waals surface area contributed by atoms with Gasteiger partial charge in [-0.1, -0.05) is 17.7 Å². The number of hydrogen-bond acceptors (Lipinski definition) is 3. The van der Waals surface area contributed by atoms with E-state index in [2.05, 4.69) is 15.4 Å². The molecule has 76 valence electrons. The third kappa shape index (κ3) is 1.37. The van der Waals surface area contributed by atoms with E-state index in [1.54, 1.807) is 4.68 Å². The Labute approximate surface area is 91.6 Å². The number of fused-ring (bicyclic) bond motifs is 1. The van der Waals surface area contributed by atoms with E-state index < -0.39 is 0 Å². The molecule has 5 heteroatoms. The SMILES string of the molecule is Clc1cccc2nn(C3=NCCN3)cc12. The summed E-state index contributed by atoms with van der Waals surface area (Å²) in [6.45, 7) is 1.68. The van der Waals surface area contributed by atoms with Crippen molar-refractivity contribution in [3.63, 3.8) is 0 Å². The van der Waals surface area contributed by atoms with Crippen LogP contribution < -0.4 is 5.32 Å². The van der Waals surface area contributed by atoms with E-state index in [1.807, 2.05) is 24.4 Å². The van der Waals surface area contributed by atoms with Crippen LogP contribution in [-0.4, -0.2) is 28.8 Å². The van der Waals surface area contributed by atoms with Crippen molar-refractivity contribution in [1.82, 2.24) is 15.1 Å². The molecule has 1 aliphatic heterocycles. The van der Waals surface area contributed by atoms with Crippen LogP contribution in [0.5, 0.6) is 0 Å². The summed E-state index contributed by atoms with van der Waals surface area (Å²) in [6.07, 6.45) is 1.90. The number of nitrogens with zero attached hydrogens (tertiary/aromatic N) is 3. The summed E-state index contributed by atoms with van der Waals surface area (Å²) in [6, 6.07) is 5.69. The van der Waals surface area contributed by atoms with Crippen molar-refractivity contribution in [2.75, 3.05) is 13.1 Å². The fourth-order valence-electron chi connectivity index (χ4n) is 1.66. The van der Waals surface area contributed by atoms with E-state index in [9.17, 15) is 0 Å². The highest BCUT2D eigenvalue weighted by molar-refractivity contribution is 6.35. The molecule has 0 amide bonds. The van der Waals surface area contributed by atoms with E-state index in [0.717, 1.165) is 35.0 Å². The summed E-state index contributed by atoms with van der Waals surface area (Å²) in [5.74, 6) is 0.794. The smallest absolute Gasteiger partial charge is 0.219 e. The summed E-state index contributed by atoms with van der Waals surface area (Å²) in [4.78, 5) is 4.29. The van der Waals surface area contributed by atoms with Crippen LogP contribution >= 0.6 is 11.6 Å². The molecule has 0 aliphatic carbocycles. The Hall–Kier alpha value is -1.55. The van der Waals surface area contributed by atoms with Gasteiger partial charge in [-0.05, 0) is 12.1 Å². The summed E-state index contributed by atoms with van der Waals surface area (Å²) in [7, 11) is 0. The Bertz CT molecular complexity index is 543. The highest BCUT2D eigenvalue weighted by Gasteiger charge is 2.10. The lowest BCUT2D eigenvalue weighted by Gasteiger charge is -1.98. The van der Waals surface area contributed by atoms with Crippen LogP contribution in [0.1, 0.15) is 0 Å². The largest absolute Gasteiger partial charge is 0.353 e. The molecular formula is C10H9ClN4. The van der Waals surface area contributed by atoms with Crippen LogP contribution in [-0.2, 0) is 0 Å². The van der Waals surface area contributed by atoms with Gasteiger partial charge in [0.2, 0.25) is 5.96 Å². The van der Waals surface area contributed by atoms with Crippen molar-refractivity contribution in [1.29, 1.82) is 0 Å². The van der Waals surface area contributed by atoms with Gasteiger partial charge >= 0.3 is 0 Å². The minimum absolute atomic E-state index is 0.720. The average molecular weight is 221 g/mol. The number of nitrogens with one attached hydrogen (secondary N) is 1. The molecule has 0 unspecified atom stereocenters. The van der Waals surface area contributed by atoms with Gasteiger partial charge in [-0.15, -0.1) is 0 Å². The second-order valence-corrected chi connectivity index (χ2v) is 3.79.